The van der Waals surface area contributed by atoms with Gasteiger partial charge in [0.2, 0.25) is 6.29 Å². The molecular weight excluding hydrogens is 326 g/mol. The summed E-state index contributed by atoms with van der Waals surface area (Å²) < 4.78 is 35.7. The zero-order valence-corrected chi connectivity index (χ0v) is 12.5. The molecule has 1 N–H and O–H groups in total. The number of benzene rings is 2. The number of hydrogen-bond donors (Lipinski definition) is 1. The van der Waals surface area contributed by atoms with Crippen LogP contribution in [-0.4, -0.2) is 17.9 Å². The summed E-state index contributed by atoms with van der Waals surface area (Å²) in [6.45, 7) is -0.0725. The molecule has 1 radical (unpaired) electrons. The molecule has 0 amide bonds. The maximum atomic E-state index is 11.9. The summed E-state index contributed by atoms with van der Waals surface area (Å²) in [6, 6.07) is 10.3. The second-order valence-corrected chi connectivity index (χ2v) is 6.03. The van der Waals surface area contributed by atoms with Crippen LogP contribution in [0, 0.1) is 10.1 Å². The molecule has 1 unspecified atom stereocenters. The Morgan fingerprint density at radius 1 is 1.09 bits per heavy atom. The van der Waals surface area contributed by atoms with Crippen LogP contribution in [0.1, 0.15) is 17.4 Å². The van der Waals surface area contributed by atoms with Crippen LogP contribution in [0.15, 0.2) is 53.4 Å². The molecule has 0 saturated heterocycles. The van der Waals surface area contributed by atoms with Gasteiger partial charge in [-0.2, -0.15) is 13.5 Å². The summed E-state index contributed by atoms with van der Waals surface area (Å²) in [6.07, 6.45) is -1.53. The average molecular weight is 338 g/mol. The molecule has 8 nitrogen and oxygen atoms in total. The highest BCUT2D eigenvalue weighted by Gasteiger charge is 2.13. The van der Waals surface area contributed by atoms with E-state index in [1.165, 1.54) is 48.5 Å². The number of nitro benzene ring substituents is 1. The molecule has 23 heavy (non-hydrogen) atoms. The van der Waals surface area contributed by atoms with Crippen LogP contribution in [-0.2, 0) is 26.6 Å². The van der Waals surface area contributed by atoms with Crippen molar-refractivity contribution < 1.29 is 27.7 Å². The van der Waals surface area contributed by atoms with E-state index in [1.807, 2.05) is 0 Å². The normalized spacial score (nSPS) is 12.8. The molecule has 0 aliphatic heterocycles. The van der Waals surface area contributed by atoms with Crippen molar-refractivity contribution in [2.75, 3.05) is 0 Å². The number of ether oxygens (including phenoxy) is 1. The minimum Gasteiger partial charge on any atom is -0.341 e. The van der Waals surface area contributed by atoms with Gasteiger partial charge in [0.05, 0.1) is 16.4 Å². The number of rotatable bonds is 6. The SMILES string of the molecule is [O]C(OCc1ccc(S(=O)(=O)O)cc1)c1ccc([N+](=O)[O-])cc1. The second-order valence-electron chi connectivity index (χ2n) is 4.61. The van der Waals surface area contributed by atoms with Crippen LogP contribution in [0.5, 0.6) is 0 Å². The lowest BCUT2D eigenvalue weighted by molar-refractivity contribution is -0.384. The van der Waals surface area contributed by atoms with Gasteiger partial charge in [-0.05, 0) is 29.8 Å². The maximum Gasteiger partial charge on any atom is 0.294 e. The summed E-state index contributed by atoms with van der Waals surface area (Å²) in [5.41, 5.74) is 0.659. The van der Waals surface area contributed by atoms with E-state index in [0.29, 0.717) is 5.56 Å². The smallest absolute Gasteiger partial charge is 0.294 e. The van der Waals surface area contributed by atoms with Crippen molar-refractivity contribution in [2.24, 2.45) is 0 Å². The van der Waals surface area contributed by atoms with Crippen molar-refractivity contribution >= 4 is 15.8 Å². The lowest BCUT2D eigenvalue weighted by Crippen LogP contribution is -2.03. The average Bonchev–Trinajstić information content (AvgIpc) is 2.52. The van der Waals surface area contributed by atoms with E-state index >= 15 is 0 Å². The molecule has 121 valence electrons. The Kier molecular flexibility index (Phi) is 5.06. The summed E-state index contributed by atoms with van der Waals surface area (Å²) in [7, 11) is -4.26. The van der Waals surface area contributed by atoms with Crippen LogP contribution < -0.4 is 0 Å². The van der Waals surface area contributed by atoms with Gasteiger partial charge < -0.3 is 4.74 Å². The highest BCUT2D eigenvalue weighted by Crippen LogP contribution is 2.20. The summed E-state index contributed by atoms with van der Waals surface area (Å²) in [5, 5.41) is 22.4. The van der Waals surface area contributed by atoms with Gasteiger partial charge in [-0.15, -0.1) is 0 Å². The Balaban J connectivity index is 1.98. The summed E-state index contributed by atoms with van der Waals surface area (Å²) >= 11 is 0. The molecule has 0 aliphatic carbocycles. The predicted octanol–water partition coefficient (Wildman–Crippen LogP) is 2.49. The highest BCUT2D eigenvalue weighted by atomic mass is 32.2. The van der Waals surface area contributed by atoms with Crippen molar-refractivity contribution in [3.63, 3.8) is 0 Å². The molecule has 1 atom stereocenters. The number of nitro groups is 1. The molecule has 0 aromatic heterocycles. The first-order valence-corrected chi connectivity index (χ1v) is 7.79. The molecule has 2 rings (SSSR count). The van der Waals surface area contributed by atoms with Crippen LogP contribution in [0.4, 0.5) is 5.69 Å². The Labute approximate surface area is 131 Å². The van der Waals surface area contributed by atoms with E-state index in [1.54, 1.807) is 0 Å². The molecule has 2 aromatic carbocycles. The Morgan fingerprint density at radius 2 is 1.65 bits per heavy atom. The van der Waals surface area contributed by atoms with Crippen molar-refractivity contribution in [2.45, 2.75) is 17.8 Å². The predicted molar refractivity (Wildman–Crippen MR) is 77.6 cm³/mol. The molecule has 0 bridgehead atoms. The molecule has 9 heteroatoms. The maximum absolute atomic E-state index is 11.9. The molecule has 0 fully saturated rings. The fraction of sp³-hybridized carbons (Fsp3) is 0.143. The lowest BCUT2D eigenvalue weighted by atomic mass is 10.2. The van der Waals surface area contributed by atoms with E-state index in [0.717, 1.165) is 0 Å². The van der Waals surface area contributed by atoms with Crippen LogP contribution in [0.2, 0.25) is 0 Å². The van der Waals surface area contributed by atoms with E-state index in [9.17, 15) is 23.6 Å². The molecule has 2 aromatic rings. The molecule has 0 aliphatic rings. The van der Waals surface area contributed by atoms with Crippen molar-refractivity contribution in [1.29, 1.82) is 0 Å². The summed E-state index contributed by atoms with van der Waals surface area (Å²) in [5.74, 6) is 0. The Bertz CT molecular complexity index is 785. The van der Waals surface area contributed by atoms with Gasteiger partial charge in [-0.3, -0.25) is 14.7 Å². The van der Waals surface area contributed by atoms with E-state index in [2.05, 4.69) is 0 Å². The van der Waals surface area contributed by atoms with E-state index in [-0.39, 0.29) is 22.8 Å². The first-order valence-electron chi connectivity index (χ1n) is 6.35. The van der Waals surface area contributed by atoms with Crippen molar-refractivity contribution in [3.05, 3.63) is 69.8 Å². The third kappa shape index (κ3) is 4.57. The molecule has 0 saturated carbocycles. The lowest BCUT2D eigenvalue weighted by Gasteiger charge is -2.10. The molecule has 0 heterocycles. The highest BCUT2D eigenvalue weighted by molar-refractivity contribution is 7.85. The minimum absolute atomic E-state index is 0.0725. The molecular formula is C14H12NO7S. The largest absolute Gasteiger partial charge is 0.341 e. The van der Waals surface area contributed by atoms with Crippen molar-refractivity contribution in [3.8, 4) is 0 Å². The zero-order valence-electron chi connectivity index (χ0n) is 11.7. The fourth-order valence-electron chi connectivity index (χ4n) is 1.78. The van der Waals surface area contributed by atoms with Crippen molar-refractivity contribution in [1.82, 2.24) is 0 Å². The number of nitrogens with zero attached hydrogens (tertiary/aromatic N) is 1. The quantitative estimate of drug-likeness (QED) is 0.373. The van der Waals surface area contributed by atoms with E-state index in [4.69, 9.17) is 9.29 Å². The first kappa shape index (κ1) is 17.0. The monoisotopic (exact) mass is 338 g/mol. The van der Waals surface area contributed by atoms with Gasteiger partial charge in [0.15, 0.2) is 0 Å². The Morgan fingerprint density at radius 3 is 2.13 bits per heavy atom. The van der Waals surface area contributed by atoms with Gasteiger partial charge in [0, 0.05) is 17.7 Å². The number of non-ortho nitro benzene ring substituents is 1. The fourth-order valence-corrected chi connectivity index (χ4v) is 2.26. The number of hydrogen-bond acceptors (Lipinski definition) is 5. The third-order valence-electron chi connectivity index (χ3n) is 3.00. The molecule has 0 spiro atoms. The Hall–Kier alpha value is -2.33. The van der Waals surface area contributed by atoms with Crippen LogP contribution >= 0.6 is 0 Å². The van der Waals surface area contributed by atoms with Gasteiger partial charge in [-0.25, -0.2) is 0 Å². The topological polar surface area (TPSA) is 127 Å². The third-order valence-corrected chi connectivity index (χ3v) is 3.87. The first-order chi connectivity index (χ1) is 10.8. The van der Waals surface area contributed by atoms with E-state index < -0.39 is 21.3 Å². The van der Waals surface area contributed by atoms with Crippen LogP contribution in [0.3, 0.4) is 0 Å². The van der Waals surface area contributed by atoms with Crippen LogP contribution in [0.25, 0.3) is 0 Å². The summed E-state index contributed by atoms with van der Waals surface area (Å²) in [4.78, 5) is 9.70. The minimum atomic E-state index is -4.26. The van der Waals surface area contributed by atoms with Gasteiger partial charge in [0.1, 0.15) is 0 Å². The zero-order chi connectivity index (χ0) is 17.0. The van der Waals surface area contributed by atoms with Gasteiger partial charge >= 0.3 is 0 Å². The standard InChI is InChI=1S/C14H12NO7S/c16-14(11-3-5-12(6-4-11)15(17)18)22-9-10-1-7-13(8-2-10)23(19,20)21/h1-8,14H,9H2,(H,19,20,21). The van der Waals surface area contributed by atoms with Gasteiger partial charge in [-0.1, -0.05) is 12.1 Å². The second kappa shape index (κ2) is 6.84. The van der Waals surface area contributed by atoms with Gasteiger partial charge in [0.25, 0.3) is 15.8 Å².